The Kier molecular flexibility index (Phi) is 23.1. The fraction of sp³-hybridized carbons (Fsp3) is 1.00. The van der Waals surface area contributed by atoms with Crippen molar-refractivity contribution in [3.05, 3.63) is 0 Å². The maximum Gasteiger partial charge on any atom is 0.319 e. The third-order valence-corrected chi connectivity index (χ3v) is 3.78. The van der Waals surface area contributed by atoms with Gasteiger partial charge in [0.1, 0.15) is 0 Å². The number of hydrogen-bond donors (Lipinski definition) is 0. The molecule has 0 aromatic rings. The first-order valence-electron chi connectivity index (χ1n) is 8.02. The van der Waals surface area contributed by atoms with Crippen LogP contribution in [0.4, 0.5) is 0 Å². The Hall–Kier alpha value is 0.150. The van der Waals surface area contributed by atoms with Crippen LogP contribution < -0.4 is 0 Å². The molecule has 0 saturated heterocycles. The van der Waals surface area contributed by atoms with Crippen LogP contribution in [-0.2, 0) is 13.6 Å². The summed E-state index contributed by atoms with van der Waals surface area (Å²) in [5.41, 5.74) is 0. The summed E-state index contributed by atoms with van der Waals surface area (Å²) in [6, 6.07) is 0. The highest BCUT2D eigenvalue weighted by atomic mass is 31.1. The molecule has 118 valence electrons. The van der Waals surface area contributed by atoms with Crippen molar-refractivity contribution >= 4 is 8.25 Å². The van der Waals surface area contributed by atoms with Crippen LogP contribution in [0.5, 0.6) is 0 Å². The molecule has 0 fully saturated rings. The maximum atomic E-state index is 10.4. The number of rotatable bonds is 12. The highest BCUT2D eigenvalue weighted by molar-refractivity contribution is 7.33. The van der Waals surface area contributed by atoms with E-state index in [1.807, 2.05) is 0 Å². The van der Waals surface area contributed by atoms with Crippen molar-refractivity contribution in [2.75, 3.05) is 13.2 Å². The minimum atomic E-state index is -2.14. The Labute approximate surface area is 121 Å². The zero-order chi connectivity index (χ0) is 14.8. The monoisotopic (exact) mass is 294 g/mol. The normalized spacial score (nSPS) is 10.4. The zero-order valence-corrected chi connectivity index (χ0v) is 14.5. The van der Waals surface area contributed by atoms with Gasteiger partial charge < -0.3 is 9.05 Å². The van der Waals surface area contributed by atoms with Crippen LogP contribution in [0.25, 0.3) is 0 Å². The van der Waals surface area contributed by atoms with Gasteiger partial charge in [0.25, 0.3) is 0 Å². The molecule has 0 aromatic heterocycles. The van der Waals surface area contributed by atoms with Gasteiger partial charge in [-0.15, -0.1) is 0 Å². The molecule has 0 spiro atoms. The minimum Gasteiger partial charge on any atom is -0.311 e. The molecule has 0 amide bonds. The standard InChI is InChI=1S/C11H24.C4H11O3P/c1-3-5-7-9-11-10-8-6-4-2;1-3-6-8(5)7-4-2/h3-11H2,1-2H3;8H,3-4H2,1-2H3. The highest BCUT2D eigenvalue weighted by Gasteiger charge is 1.91. The Morgan fingerprint density at radius 2 is 0.947 bits per heavy atom. The smallest absolute Gasteiger partial charge is 0.311 e. The molecule has 0 aliphatic heterocycles. The molecular formula is C15H35O3P. The fourth-order valence-electron chi connectivity index (χ4n) is 1.66. The fourth-order valence-corrected chi connectivity index (χ4v) is 2.22. The van der Waals surface area contributed by atoms with Gasteiger partial charge in [0, 0.05) is 0 Å². The van der Waals surface area contributed by atoms with E-state index in [0.29, 0.717) is 13.2 Å². The minimum absolute atomic E-state index is 0.456. The highest BCUT2D eigenvalue weighted by Crippen LogP contribution is 2.21. The van der Waals surface area contributed by atoms with Gasteiger partial charge in [0.15, 0.2) is 0 Å². The van der Waals surface area contributed by atoms with Gasteiger partial charge in [0.05, 0.1) is 13.2 Å². The van der Waals surface area contributed by atoms with Gasteiger partial charge in [0.2, 0.25) is 0 Å². The Bertz CT molecular complexity index is 159. The topological polar surface area (TPSA) is 35.5 Å². The van der Waals surface area contributed by atoms with E-state index in [1.54, 1.807) is 13.8 Å². The van der Waals surface area contributed by atoms with Crippen LogP contribution in [0, 0.1) is 0 Å². The van der Waals surface area contributed by atoms with Gasteiger partial charge >= 0.3 is 8.25 Å². The summed E-state index contributed by atoms with van der Waals surface area (Å²) in [6.45, 7) is 9.02. The molecule has 0 atom stereocenters. The summed E-state index contributed by atoms with van der Waals surface area (Å²) < 4.78 is 19.6. The van der Waals surface area contributed by atoms with Crippen LogP contribution >= 0.6 is 8.25 Å². The van der Waals surface area contributed by atoms with Gasteiger partial charge in [-0.3, -0.25) is 4.57 Å². The molecule has 0 bridgehead atoms. The summed E-state index contributed by atoms with van der Waals surface area (Å²) in [7, 11) is -2.14. The largest absolute Gasteiger partial charge is 0.319 e. The summed E-state index contributed by atoms with van der Waals surface area (Å²) in [4.78, 5) is 0. The van der Waals surface area contributed by atoms with Crippen molar-refractivity contribution in [1.29, 1.82) is 0 Å². The van der Waals surface area contributed by atoms with Crippen LogP contribution in [0.2, 0.25) is 0 Å². The van der Waals surface area contributed by atoms with Gasteiger partial charge in [-0.05, 0) is 13.8 Å². The second kappa shape index (κ2) is 20.5. The number of hydrogen-bond acceptors (Lipinski definition) is 3. The maximum absolute atomic E-state index is 10.4. The van der Waals surface area contributed by atoms with Crippen LogP contribution in [-0.4, -0.2) is 13.2 Å². The van der Waals surface area contributed by atoms with E-state index in [-0.39, 0.29) is 0 Å². The van der Waals surface area contributed by atoms with Crippen molar-refractivity contribution in [1.82, 2.24) is 0 Å². The molecule has 0 aliphatic rings. The quantitative estimate of drug-likeness (QED) is 0.328. The Morgan fingerprint density at radius 1 is 0.632 bits per heavy atom. The lowest BCUT2D eigenvalue weighted by Gasteiger charge is -1.98. The third-order valence-electron chi connectivity index (χ3n) is 2.73. The van der Waals surface area contributed by atoms with E-state index < -0.39 is 8.25 Å². The van der Waals surface area contributed by atoms with Crippen molar-refractivity contribution in [2.45, 2.75) is 85.5 Å². The second-order valence-corrected chi connectivity index (χ2v) is 5.67. The Balaban J connectivity index is 0. The molecule has 0 saturated carbocycles. The van der Waals surface area contributed by atoms with Gasteiger partial charge in [-0.1, -0.05) is 71.6 Å². The van der Waals surface area contributed by atoms with E-state index in [4.69, 9.17) is 0 Å². The lowest BCUT2D eigenvalue weighted by molar-refractivity contribution is 0.243. The first kappa shape index (κ1) is 21.4. The van der Waals surface area contributed by atoms with Crippen molar-refractivity contribution in [2.24, 2.45) is 0 Å². The van der Waals surface area contributed by atoms with Crippen LogP contribution in [0.1, 0.15) is 85.5 Å². The molecule has 0 aliphatic carbocycles. The molecule has 0 heterocycles. The van der Waals surface area contributed by atoms with E-state index in [0.717, 1.165) is 0 Å². The molecule has 3 nitrogen and oxygen atoms in total. The first-order valence-corrected chi connectivity index (χ1v) is 9.24. The summed E-state index contributed by atoms with van der Waals surface area (Å²) in [6.07, 6.45) is 13.0. The van der Waals surface area contributed by atoms with Crippen LogP contribution in [0.3, 0.4) is 0 Å². The van der Waals surface area contributed by atoms with Crippen molar-refractivity contribution in [3.8, 4) is 0 Å². The molecule has 0 N–H and O–H groups in total. The van der Waals surface area contributed by atoms with E-state index in [2.05, 4.69) is 22.9 Å². The molecule has 0 unspecified atom stereocenters. The van der Waals surface area contributed by atoms with Crippen molar-refractivity contribution in [3.63, 3.8) is 0 Å². The first-order chi connectivity index (χ1) is 9.22. The number of unbranched alkanes of at least 4 members (excludes halogenated alkanes) is 8. The third kappa shape index (κ3) is 23.6. The summed E-state index contributed by atoms with van der Waals surface area (Å²) in [5, 5.41) is 0. The summed E-state index contributed by atoms with van der Waals surface area (Å²) >= 11 is 0. The zero-order valence-electron chi connectivity index (χ0n) is 13.5. The average molecular weight is 294 g/mol. The average Bonchev–Trinajstić information content (AvgIpc) is 2.39. The predicted octanol–water partition coefficient (Wildman–Crippen LogP) is 5.99. The van der Waals surface area contributed by atoms with E-state index >= 15 is 0 Å². The lowest BCUT2D eigenvalue weighted by atomic mass is 10.1. The van der Waals surface area contributed by atoms with E-state index in [1.165, 1.54) is 57.8 Å². The molecule has 4 heteroatoms. The van der Waals surface area contributed by atoms with Gasteiger partial charge in [-0.25, -0.2) is 0 Å². The van der Waals surface area contributed by atoms with Crippen LogP contribution in [0.15, 0.2) is 0 Å². The Morgan fingerprint density at radius 3 is 1.21 bits per heavy atom. The lowest BCUT2D eigenvalue weighted by Crippen LogP contribution is -1.81. The second-order valence-electron chi connectivity index (χ2n) is 4.59. The van der Waals surface area contributed by atoms with Gasteiger partial charge in [-0.2, -0.15) is 0 Å². The molecule has 0 aromatic carbocycles. The summed E-state index contributed by atoms with van der Waals surface area (Å²) in [5.74, 6) is 0. The predicted molar refractivity (Wildman–Crippen MR) is 85.2 cm³/mol. The molecule has 0 radical (unpaired) electrons. The van der Waals surface area contributed by atoms with Crippen molar-refractivity contribution < 1.29 is 13.6 Å². The molecule has 0 rings (SSSR count). The molecular weight excluding hydrogens is 259 g/mol. The van der Waals surface area contributed by atoms with E-state index in [9.17, 15) is 4.57 Å². The SMILES string of the molecule is CCCCCCCCCCC.CCO[PH](=O)OCC. The molecule has 19 heavy (non-hydrogen) atoms.